The van der Waals surface area contributed by atoms with Gasteiger partial charge < -0.3 is 14.2 Å². The molecule has 2 unspecified atom stereocenters. The largest absolute Gasteiger partial charge is 0.496 e. The molecule has 168 valence electrons. The Morgan fingerprint density at radius 2 is 1.53 bits per heavy atom. The number of benzene rings is 1. The normalized spacial score (nSPS) is 14.8. The van der Waals surface area contributed by atoms with E-state index in [1.54, 1.807) is 32.0 Å². The first-order valence-corrected chi connectivity index (χ1v) is 11.0. The molecular weight excluding hydrogens is 403 g/mol. The molecule has 1 aromatic carbocycles. The number of Topliss-reactive ketones (excluding diaryl/α,β-unsaturated/α-hetero) is 1. The van der Waals surface area contributed by atoms with E-state index in [9.17, 15) is 14.2 Å². The van der Waals surface area contributed by atoms with Gasteiger partial charge in [0.2, 0.25) is 0 Å². The summed E-state index contributed by atoms with van der Waals surface area (Å²) >= 11 is 0. The maximum absolute atomic E-state index is 13.3. The van der Waals surface area contributed by atoms with Crippen molar-refractivity contribution in [2.75, 3.05) is 14.2 Å². The number of ether oxygens (including phenoxy) is 3. The van der Waals surface area contributed by atoms with Gasteiger partial charge in [-0.1, -0.05) is 33.8 Å². The molecule has 0 spiro atoms. The van der Waals surface area contributed by atoms with Gasteiger partial charge in [-0.3, -0.25) is 14.2 Å². The fourth-order valence-corrected chi connectivity index (χ4v) is 4.55. The summed E-state index contributed by atoms with van der Waals surface area (Å²) in [6, 6.07) is 5.02. The van der Waals surface area contributed by atoms with E-state index in [2.05, 4.69) is 20.8 Å². The number of rotatable bonds is 11. The lowest BCUT2D eigenvalue weighted by molar-refractivity contribution is -0.151. The molecule has 6 nitrogen and oxygen atoms in total. The van der Waals surface area contributed by atoms with Crippen molar-refractivity contribution in [1.29, 1.82) is 0 Å². The Bertz CT molecular complexity index is 730. The van der Waals surface area contributed by atoms with Crippen LogP contribution in [0.25, 0.3) is 0 Å². The summed E-state index contributed by atoms with van der Waals surface area (Å²) < 4.78 is 28.5. The summed E-state index contributed by atoms with van der Waals surface area (Å²) in [6.45, 7) is 11.8. The first kappa shape index (κ1) is 26.1. The maximum atomic E-state index is 13.3. The van der Waals surface area contributed by atoms with E-state index in [0.717, 1.165) is 6.42 Å². The van der Waals surface area contributed by atoms with Crippen LogP contribution in [-0.2, 0) is 14.1 Å². The predicted octanol–water partition coefficient (Wildman–Crippen LogP) is 5.72. The highest BCUT2D eigenvalue weighted by Gasteiger charge is 2.46. The molecule has 0 heterocycles. The fourth-order valence-electron chi connectivity index (χ4n) is 3.83. The van der Waals surface area contributed by atoms with Crippen LogP contribution in [0.4, 0.5) is 0 Å². The third-order valence-corrected chi connectivity index (χ3v) is 5.58. The summed E-state index contributed by atoms with van der Waals surface area (Å²) in [5.41, 5.74) is 0.263. The van der Waals surface area contributed by atoms with Gasteiger partial charge in [-0.25, -0.2) is 0 Å². The molecule has 0 aliphatic heterocycles. The number of methoxy groups -OCH3 is 2. The molecule has 0 saturated carbocycles. The van der Waals surface area contributed by atoms with Crippen molar-refractivity contribution in [3.8, 4) is 11.5 Å². The Balaban J connectivity index is 3.37. The smallest absolute Gasteiger partial charge is 0.324 e. The van der Waals surface area contributed by atoms with E-state index in [1.165, 1.54) is 14.2 Å². The second kappa shape index (κ2) is 10.9. The van der Waals surface area contributed by atoms with Crippen LogP contribution in [0.3, 0.4) is 0 Å². The molecule has 0 aliphatic carbocycles. The quantitative estimate of drug-likeness (QED) is 0.250. The van der Waals surface area contributed by atoms with Crippen molar-refractivity contribution in [2.45, 2.75) is 72.1 Å². The van der Waals surface area contributed by atoms with Gasteiger partial charge >= 0.3 is 5.97 Å². The van der Waals surface area contributed by atoms with E-state index < -0.39 is 19.6 Å². The second-order valence-electron chi connectivity index (χ2n) is 9.29. The Labute approximate surface area is 181 Å². The minimum absolute atomic E-state index is 0.0305. The van der Waals surface area contributed by atoms with Gasteiger partial charge in [0.25, 0.3) is 0 Å². The summed E-state index contributed by atoms with van der Waals surface area (Å²) in [4.78, 5) is 26.4. The van der Waals surface area contributed by atoms with Crippen molar-refractivity contribution in [1.82, 2.24) is 0 Å². The lowest BCUT2D eigenvalue weighted by Gasteiger charge is -2.31. The lowest BCUT2D eigenvalue weighted by Crippen LogP contribution is -2.40. The van der Waals surface area contributed by atoms with E-state index in [0.29, 0.717) is 11.5 Å². The molecule has 0 bridgehead atoms. The molecule has 0 radical (unpaired) electrons. The summed E-state index contributed by atoms with van der Waals surface area (Å²) in [6.07, 6.45) is 0.428. The van der Waals surface area contributed by atoms with E-state index in [4.69, 9.17) is 14.2 Å². The Kier molecular flexibility index (Phi) is 9.48. The summed E-state index contributed by atoms with van der Waals surface area (Å²) in [5, 5.41) is -1.47. The SMILES string of the molecule is COc1cccc(OC)c1C(=O)CC(CC(C)CC(C)(C)C)(P=O)C(=O)OC(C)C. The van der Waals surface area contributed by atoms with Crippen molar-refractivity contribution in [2.24, 2.45) is 11.3 Å². The zero-order valence-corrected chi connectivity index (χ0v) is 20.3. The van der Waals surface area contributed by atoms with Crippen molar-refractivity contribution in [3.63, 3.8) is 0 Å². The number of carbonyl (C=O) groups is 2. The van der Waals surface area contributed by atoms with Crippen LogP contribution in [0.1, 0.15) is 71.2 Å². The zero-order valence-electron chi connectivity index (χ0n) is 19.4. The second-order valence-corrected chi connectivity index (χ2v) is 10.3. The number of hydrogen-bond acceptors (Lipinski definition) is 6. The minimum atomic E-state index is -1.47. The van der Waals surface area contributed by atoms with Crippen LogP contribution in [0.2, 0.25) is 0 Å². The summed E-state index contributed by atoms with van der Waals surface area (Å²) in [7, 11) is 2.49. The van der Waals surface area contributed by atoms with Gasteiger partial charge in [0.15, 0.2) is 19.4 Å². The first-order valence-electron chi connectivity index (χ1n) is 10.2. The van der Waals surface area contributed by atoms with Crippen molar-refractivity contribution < 1.29 is 28.4 Å². The topological polar surface area (TPSA) is 78.9 Å². The average Bonchev–Trinajstić information content (AvgIpc) is 2.64. The Morgan fingerprint density at radius 1 is 1.00 bits per heavy atom. The molecule has 0 fully saturated rings. The molecule has 2 atom stereocenters. The van der Waals surface area contributed by atoms with Crippen LogP contribution < -0.4 is 9.47 Å². The molecule has 30 heavy (non-hydrogen) atoms. The molecule has 0 N–H and O–H groups in total. The minimum Gasteiger partial charge on any atom is -0.496 e. The fraction of sp³-hybridized carbons (Fsp3) is 0.652. The molecule has 0 aliphatic rings. The monoisotopic (exact) mass is 438 g/mol. The lowest BCUT2D eigenvalue weighted by atomic mass is 9.80. The van der Waals surface area contributed by atoms with Gasteiger partial charge in [-0.15, -0.1) is 0 Å². The van der Waals surface area contributed by atoms with Crippen LogP contribution in [0.15, 0.2) is 18.2 Å². The molecule has 7 heteroatoms. The van der Waals surface area contributed by atoms with Gasteiger partial charge in [0, 0.05) is 6.42 Å². The van der Waals surface area contributed by atoms with Gasteiger partial charge in [-0.2, -0.15) is 0 Å². The van der Waals surface area contributed by atoms with Crippen LogP contribution in [0.5, 0.6) is 11.5 Å². The van der Waals surface area contributed by atoms with Gasteiger partial charge in [0.1, 0.15) is 17.1 Å². The predicted molar refractivity (Wildman–Crippen MR) is 118 cm³/mol. The summed E-state index contributed by atoms with van der Waals surface area (Å²) in [5.74, 6) is -0.265. The van der Waals surface area contributed by atoms with Crippen LogP contribution >= 0.6 is 8.46 Å². The van der Waals surface area contributed by atoms with Gasteiger partial charge in [0.05, 0.1) is 20.3 Å². The molecule has 1 rings (SSSR count). The highest BCUT2D eigenvalue weighted by Crippen LogP contribution is 2.42. The molecule has 0 aromatic heterocycles. The number of ketones is 1. The molecule has 0 saturated heterocycles. The number of carbonyl (C=O) groups excluding carboxylic acids is 2. The Hall–Kier alpha value is -1.94. The standard InChI is InChI=1S/C23H35O6P/c1-15(2)29-21(25)23(30-26,13-16(3)12-22(4,5)6)14-17(24)20-18(27-7)10-9-11-19(20)28-8/h9-11,15-16H,12-14H2,1-8H3. The third-order valence-electron chi connectivity index (χ3n) is 4.70. The molecular formula is C23H35O6P. The third kappa shape index (κ3) is 7.09. The zero-order chi connectivity index (χ0) is 23.1. The van der Waals surface area contributed by atoms with Gasteiger partial charge in [-0.05, 0) is 50.2 Å². The van der Waals surface area contributed by atoms with Crippen LogP contribution in [0, 0.1) is 11.3 Å². The first-order chi connectivity index (χ1) is 13.9. The van der Waals surface area contributed by atoms with Crippen molar-refractivity contribution >= 4 is 20.2 Å². The van der Waals surface area contributed by atoms with E-state index in [1.807, 2.05) is 6.92 Å². The number of esters is 1. The van der Waals surface area contributed by atoms with Crippen LogP contribution in [-0.4, -0.2) is 37.2 Å². The van der Waals surface area contributed by atoms with E-state index >= 15 is 0 Å². The van der Waals surface area contributed by atoms with E-state index in [-0.39, 0.29) is 41.6 Å². The number of hydrogen-bond donors (Lipinski definition) is 0. The highest BCUT2D eigenvalue weighted by atomic mass is 31.1. The van der Waals surface area contributed by atoms with Crippen molar-refractivity contribution in [3.05, 3.63) is 23.8 Å². The Morgan fingerprint density at radius 3 is 1.93 bits per heavy atom. The highest BCUT2D eigenvalue weighted by molar-refractivity contribution is 7.28. The average molecular weight is 439 g/mol. The molecule has 1 aromatic rings. The molecule has 0 amide bonds. The maximum Gasteiger partial charge on any atom is 0.324 e.